The van der Waals surface area contributed by atoms with Gasteiger partial charge in [0.1, 0.15) is 5.75 Å². The van der Waals surface area contributed by atoms with Gasteiger partial charge < -0.3 is 4.18 Å². The first-order valence-corrected chi connectivity index (χ1v) is 7.23. The third-order valence-electron chi connectivity index (χ3n) is 2.40. The molecule has 1 aromatic carbocycles. The van der Waals surface area contributed by atoms with Gasteiger partial charge in [0.25, 0.3) is 0 Å². The standard InChI is InChI=1S/C12H18O3S/c1-4-6-10(2)11-7-5-8-12(9-11)15-16(3,13)14/h5,7-10H,4,6H2,1-3H3. The van der Waals surface area contributed by atoms with Crippen molar-refractivity contribution < 1.29 is 12.6 Å². The Balaban J connectivity index is 2.86. The van der Waals surface area contributed by atoms with E-state index in [1.165, 1.54) is 0 Å². The lowest BCUT2D eigenvalue weighted by atomic mass is 9.96. The lowest BCUT2D eigenvalue weighted by molar-refractivity contribution is 0.492. The Labute approximate surface area is 97.6 Å². The molecule has 1 unspecified atom stereocenters. The zero-order valence-electron chi connectivity index (χ0n) is 9.93. The molecule has 1 atom stereocenters. The van der Waals surface area contributed by atoms with Gasteiger partial charge >= 0.3 is 10.1 Å². The largest absolute Gasteiger partial charge is 0.383 e. The van der Waals surface area contributed by atoms with Crippen LogP contribution in [0.25, 0.3) is 0 Å². The van der Waals surface area contributed by atoms with Gasteiger partial charge in [-0.25, -0.2) is 0 Å². The molecule has 3 nitrogen and oxygen atoms in total. The molecule has 0 aromatic heterocycles. The minimum absolute atomic E-state index is 0.392. The van der Waals surface area contributed by atoms with E-state index in [1.54, 1.807) is 12.1 Å². The molecule has 4 heteroatoms. The highest BCUT2D eigenvalue weighted by molar-refractivity contribution is 7.86. The maximum atomic E-state index is 11.0. The van der Waals surface area contributed by atoms with E-state index in [-0.39, 0.29) is 0 Å². The van der Waals surface area contributed by atoms with Gasteiger partial charge in [0.05, 0.1) is 6.26 Å². The fourth-order valence-electron chi connectivity index (χ4n) is 1.65. The molecule has 16 heavy (non-hydrogen) atoms. The lowest BCUT2D eigenvalue weighted by Gasteiger charge is -2.11. The molecular formula is C12H18O3S. The van der Waals surface area contributed by atoms with Crippen LogP contribution in [0.2, 0.25) is 0 Å². The van der Waals surface area contributed by atoms with Gasteiger partial charge in [0.2, 0.25) is 0 Å². The van der Waals surface area contributed by atoms with E-state index in [2.05, 4.69) is 13.8 Å². The zero-order valence-corrected chi connectivity index (χ0v) is 10.8. The van der Waals surface area contributed by atoms with Crippen LogP contribution in [0.15, 0.2) is 24.3 Å². The van der Waals surface area contributed by atoms with Gasteiger partial charge in [0.15, 0.2) is 0 Å². The van der Waals surface area contributed by atoms with E-state index in [4.69, 9.17) is 4.18 Å². The molecule has 0 aliphatic heterocycles. The van der Waals surface area contributed by atoms with Crippen molar-refractivity contribution in [3.05, 3.63) is 29.8 Å². The van der Waals surface area contributed by atoms with Crippen molar-refractivity contribution in [3.63, 3.8) is 0 Å². The maximum absolute atomic E-state index is 11.0. The second kappa shape index (κ2) is 5.34. The summed E-state index contributed by atoms with van der Waals surface area (Å²) in [7, 11) is -3.43. The Morgan fingerprint density at radius 2 is 2.06 bits per heavy atom. The summed E-state index contributed by atoms with van der Waals surface area (Å²) >= 11 is 0. The van der Waals surface area contributed by atoms with Crippen molar-refractivity contribution in [2.75, 3.05) is 6.26 Å². The van der Waals surface area contributed by atoms with Gasteiger partial charge in [-0.1, -0.05) is 32.4 Å². The highest BCUT2D eigenvalue weighted by Gasteiger charge is 2.08. The Kier molecular flexibility index (Phi) is 4.35. The summed E-state index contributed by atoms with van der Waals surface area (Å²) in [6.45, 7) is 4.26. The molecule has 0 N–H and O–H groups in total. The predicted octanol–water partition coefficient (Wildman–Crippen LogP) is 2.93. The molecule has 0 radical (unpaired) electrons. The number of rotatable bonds is 5. The summed E-state index contributed by atoms with van der Waals surface area (Å²) in [5.41, 5.74) is 1.11. The topological polar surface area (TPSA) is 43.4 Å². The molecule has 1 aromatic rings. The average Bonchev–Trinajstić information content (AvgIpc) is 2.16. The lowest BCUT2D eigenvalue weighted by Crippen LogP contribution is -2.06. The van der Waals surface area contributed by atoms with Crippen molar-refractivity contribution in [1.82, 2.24) is 0 Å². The van der Waals surface area contributed by atoms with E-state index in [9.17, 15) is 8.42 Å². The van der Waals surface area contributed by atoms with Crippen LogP contribution in [-0.2, 0) is 10.1 Å². The fourth-order valence-corrected chi connectivity index (χ4v) is 2.10. The molecule has 0 aliphatic rings. The maximum Gasteiger partial charge on any atom is 0.306 e. The second-order valence-corrected chi connectivity index (χ2v) is 5.62. The molecule has 0 amide bonds. The fraction of sp³-hybridized carbons (Fsp3) is 0.500. The third kappa shape index (κ3) is 4.23. The molecule has 0 heterocycles. The predicted molar refractivity (Wildman–Crippen MR) is 65.2 cm³/mol. The van der Waals surface area contributed by atoms with Crippen LogP contribution in [0.4, 0.5) is 0 Å². The van der Waals surface area contributed by atoms with Crippen molar-refractivity contribution >= 4 is 10.1 Å². The average molecular weight is 242 g/mol. The summed E-state index contributed by atoms with van der Waals surface area (Å²) in [4.78, 5) is 0. The van der Waals surface area contributed by atoms with Gasteiger partial charge in [-0.2, -0.15) is 8.42 Å². The van der Waals surface area contributed by atoms with Crippen LogP contribution in [-0.4, -0.2) is 14.7 Å². The number of benzene rings is 1. The minimum atomic E-state index is -3.43. The van der Waals surface area contributed by atoms with Crippen LogP contribution in [0.3, 0.4) is 0 Å². The molecule has 0 bridgehead atoms. The Hall–Kier alpha value is -1.03. The Bertz CT molecular complexity index is 437. The Morgan fingerprint density at radius 1 is 1.38 bits per heavy atom. The van der Waals surface area contributed by atoms with Crippen molar-refractivity contribution in [2.45, 2.75) is 32.6 Å². The summed E-state index contributed by atoms with van der Waals surface area (Å²) in [6, 6.07) is 7.27. The summed E-state index contributed by atoms with van der Waals surface area (Å²) in [6.07, 6.45) is 3.25. The minimum Gasteiger partial charge on any atom is -0.383 e. The van der Waals surface area contributed by atoms with Gasteiger partial charge in [-0.3, -0.25) is 0 Å². The van der Waals surface area contributed by atoms with Crippen molar-refractivity contribution in [3.8, 4) is 5.75 Å². The smallest absolute Gasteiger partial charge is 0.306 e. The van der Waals surface area contributed by atoms with Crippen LogP contribution < -0.4 is 4.18 Å². The zero-order chi connectivity index (χ0) is 12.2. The van der Waals surface area contributed by atoms with Crippen molar-refractivity contribution in [2.24, 2.45) is 0 Å². The van der Waals surface area contributed by atoms with Crippen LogP contribution in [0.5, 0.6) is 5.75 Å². The quantitative estimate of drug-likeness (QED) is 0.746. The van der Waals surface area contributed by atoms with E-state index in [0.717, 1.165) is 24.7 Å². The molecule has 0 saturated heterocycles. The van der Waals surface area contributed by atoms with Crippen molar-refractivity contribution in [1.29, 1.82) is 0 Å². The molecule has 0 aliphatic carbocycles. The monoisotopic (exact) mass is 242 g/mol. The van der Waals surface area contributed by atoms with E-state index < -0.39 is 10.1 Å². The van der Waals surface area contributed by atoms with E-state index in [0.29, 0.717) is 11.7 Å². The normalized spacial score (nSPS) is 13.4. The SMILES string of the molecule is CCCC(C)c1cccc(OS(C)(=O)=O)c1. The molecule has 1 rings (SSSR count). The van der Waals surface area contributed by atoms with Gasteiger partial charge in [0, 0.05) is 0 Å². The highest BCUT2D eigenvalue weighted by atomic mass is 32.2. The summed E-state index contributed by atoms with van der Waals surface area (Å²) < 4.78 is 26.8. The van der Waals surface area contributed by atoms with E-state index >= 15 is 0 Å². The van der Waals surface area contributed by atoms with Crippen LogP contribution in [0, 0.1) is 0 Å². The first-order chi connectivity index (χ1) is 7.42. The van der Waals surface area contributed by atoms with Crippen LogP contribution >= 0.6 is 0 Å². The molecular weight excluding hydrogens is 224 g/mol. The number of hydrogen-bond donors (Lipinski definition) is 0. The van der Waals surface area contributed by atoms with Crippen LogP contribution in [0.1, 0.15) is 38.2 Å². The first kappa shape index (κ1) is 13.0. The third-order valence-corrected chi connectivity index (χ3v) is 2.89. The number of hydrogen-bond acceptors (Lipinski definition) is 3. The van der Waals surface area contributed by atoms with Gasteiger partial charge in [-0.15, -0.1) is 0 Å². The second-order valence-electron chi connectivity index (χ2n) is 4.05. The molecule has 0 saturated carbocycles. The summed E-state index contributed by atoms with van der Waals surface area (Å²) in [5.74, 6) is 0.816. The molecule has 0 spiro atoms. The summed E-state index contributed by atoms with van der Waals surface area (Å²) in [5, 5.41) is 0. The highest BCUT2D eigenvalue weighted by Crippen LogP contribution is 2.24. The van der Waals surface area contributed by atoms with Gasteiger partial charge in [-0.05, 0) is 30.0 Å². The van der Waals surface area contributed by atoms with E-state index in [1.807, 2.05) is 12.1 Å². The molecule has 90 valence electrons. The first-order valence-electron chi connectivity index (χ1n) is 5.42. The molecule has 0 fully saturated rings. The Morgan fingerprint density at radius 3 is 2.62 bits per heavy atom.